The topological polar surface area (TPSA) is 35.2 Å². The summed E-state index contributed by atoms with van der Waals surface area (Å²) in [4.78, 5) is 0. The fraction of sp³-hybridized carbons (Fsp3) is 0.250. The van der Waals surface area contributed by atoms with Crippen molar-refractivity contribution in [3.63, 3.8) is 0 Å². The highest BCUT2D eigenvalue weighted by atomic mass is 35.5. The molecule has 0 amide bonds. The molecule has 0 spiro atoms. The second kappa shape index (κ2) is 5.81. The van der Waals surface area contributed by atoms with Crippen LogP contribution in [0.2, 0.25) is 5.02 Å². The van der Waals surface area contributed by atoms with E-state index in [0.29, 0.717) is 17.0 Å². The minimum atomic E-state index is -0.710. The monoisotopic (exact) mass is 293 g/mol. The molecule has 20 heavy (non-hydrogen) atoms. The molecule has 2 nitrogen and oxygen atoms in total. The Morgan fingerprint density at radius 1 is 1.20 bits per heavy atom. The molecule has 0 aliphatic heterocycles. The number of nitrogens with two attached hydrogens (primary N) is 1. The van der Waals surface area contributed by atoms with Crippen molar-refractivity contribution >= 4 is 11.6 Å². The maximum absolute atomic E-state index is 13.9. The standard InChI is InChI=1S/C16H17ClFNO/c1-16(19,11-6-8-12(20-2)9-7-11)10-13-14(17)4-3-5-15(13)18/h3-9H,10,19H2,1-2H3. The second-order valence-corrected chi connectivity index (χ2v) is 5.43. The Kier molecular flexibility index (Phi) is 4.31. The van der Waals surface area contributed by atoms with Crippen LogP contribution in [0.4, 0.5) is 4.39 Å². The third kappa shape index (κ3) is 3.11. The van der Waals surface area contributed by atoms with Crippen LogP contribution in [0.1, 0.15) is 18.1 Å². The molecule has 0 saturated heterocycles. The molecule has 2 N–H and O–H groups in total. The van der Waals surface area contributed by atoms with Gasteiger partial charge < -0.3 is 10.5 Å². The second-order valence-electron chi connectivity index (χ2n) is 5.02. The van der Waals surface area contributed by atoms with Gasteiger partial charge in [-0.25, -0.2) is 4.39 Å². The minimum absolute atomic E-state index is 0.324. The molecule has 0 aliphatic rings. The molecule has 0 fully saturated rings. The first-order chi connectivity index (χ1) is 9.44. The zero-order valence-electron chi connectivity index (χ0n) is 11.5. The van der Waals surface area contributed by atoms with E-state index in [1.54, 1.807) is 19.2 Å². The molecule has 0 aromatic heterocycles. The van der Waals surface area contributed by atoms with Gasteiger partial charge in [-0.05, 0) is 43.2 Å². The molecule has 0 aliphatic carbocycles. The largest absolute Gasteiger partial charge is 0.497 e. The molecule has 2 aromatic carbocycles. The fourth-order valence-corrected chi connectivity index (χ4v) is 2.37. The lowest BCUT2D eigenvalue weighted by Crippen LogP contribution is -2.35. The summed E-state index contributed by atoms with van der Waals surface area (Å²) in [5, 5.41) is 0.398. The Hall–Kier alpha value is -1.58. The third-order valence-corrected chi connectivity index (χ3v) is 3.71. The number of halogens is 2. The first kappa shape index (κ1) is 14.8. The van der Waals surface area contributed by atoms with Gasteiger partial charge in [-0.2, -0.15) is 0 Å². The Morgan fingerprint density at radius 3 is 2.40 bits per heavy atom. The number of hydrogen-bond donors (Lipinski definition) is 1. The van der Waals surface area contributed by atoms with E-state index in [1.807, 2.05) is 31.2 Å². The van der Waals surface area contributed by atoms with Crippen LogP contribution in [0.25, 0.3) is 0 Å². The van der Waals surface area contributed by atoms with Crippen molar-refractivity contribution in [1.29, 1.82) is 0 Å². The fourth-order valence-electron chi connectivity index (χ4n) is 2.14. The van der Waals surface area contributed by atoms with Gasteiger partial charge in [0.25, 0.3) is 0 Å². The Morgan fingerprint density at radius 2 is 1.85 bits per heavy atom. The van der Waals surface area contributed by atoms with Gasteiger partial charge in [0.2, 0.25) is 0 Å². The summed E-state index contributed by atoms with van der Waals surface area (Å²) < 4.78 is 19.0. The van der Waals surface area contributed by atoms with Gasteiger partial charge in [-0.1, -0.05) is 29.8 Å². The van der Waals surface area contributed by atoms with Gasteiger partial charge in [-0.15, -0.1) is 0 Å². The molecule has 1 atom stereocenters. The van der Waals surface area contributed by atoms with Gasteiger partial charge in [-0.3, -0.25) is 0 Å². The highest BCUT2D eigenvalue weighted by molar-refractivity contribution is 6.31. The van der Waals surface area contributed by atoms with Crippen LogP contribution in [0, 0.1) is 5.82 Å². The summed E-state index contributed by atoms with van der Waals surface area (Å²) in [5.41, 5.74) is 6.96. The smallest absolute Gasteiger partial charge is 0.127 e. The lowest BCUT2D eigenvalue weighted by Gasteiger charge is -2.26. The molecule has 0 saturated carbocycles. The van der Waals surface area contributed by atoms with Gasteiger partial charge in [0, 0.05) is 16.1 Å². The van der Waals surface area contributed by atoms with Crippen LogP contribution in [0.5, 0.6) is 5.75 Å². The number of benzene rings is 2. The van der Waals surface area contributed by atoms with E-state index in [0.717, 1.165) is 11.3 Å². The van der Waals surface area contributed by atoms with Gasteiger partial charge in [0.1, 0.15) is 11.6 Å². The van der Waals surface area contributed by atoms with E-state index in [-0.39, 0.29) is 5.82 Å². The van der Waals surface area contributed by atoms with Crippen LogP contribution in [0.15, 0.2) is 42.5 Å². The molecule has 2 rings (SSSR count). The molecule has 0 heterocycles. The molecular weight excluding hydrogens is 277 g/mol. The summed E-state index contributed by atoms with van der Waals surface area (Å²) in [7, 11) is 1.61. The van der Waals surface area contributed by atoms with Crippen molar-refractivity contribution in [1.82, 2.24) is 0 Å². The summed E-state index contributed by atoms with van der Waals surface area (Å²) in [6.07, 6.45) is 0.324. The Bertz CT molecular complexity index is 576. The minimum Gasteiger partial charge on any atom is -0.497 e. The highest BCUT2D eigenvalue weighted by Gasteiger charge is 2.24. The summed E-state index contributed by atoms with van der Waals surface area (Å²) in [5.74, 6) is 0.427. The number of methoxy groups -OCH3 is 1. The lowest BCUT2D eigenvalue weighted by atomic mass is 9.86. The molecule has 0 bridgehead atoms. The van der Waals surface area contributed by atoms with Crippen molar-refractivity contribution in [2.45, 2.75) is 18.9 Å². The summed E-state index contributed by atoms with van der Waals surface area (Å²) >= 11 is 6.06. The number of rotatable bonds is 4. The Labute approximate surface area is 123 Å². The van der Waals surface area contributed by atoms with Gasteiger partial charge in [0.15, 0.2) is 0 Å². The predicted octanol–water partition coefficient (Wildman–Crippen LogP) is 3.90. The summed E-state index contributed by atoms with van der Waals surface area (Å²) in [6.45, 7) is 1.86. The van der Waals surface area contributed by atoms with E-state index in [1.165, 1.54) is 6.07 Å². The molecule has 0 radical (unpaired) electrons. The highest BCUT2D eigenvalue weighted by Crippen LogP contribution is 2.29. The maximum Gasteiger partial charge on any atom is 0.127 e. The normalized spacial score (nSPS) is 13.8. The molecular formula is C16H17ClFNO. The lowest BCUT2D eigenvalue weighted by molar-refractivity contribution is 0.413. The van der Waals surface area contributed by atoms with Crippen LogP contribution in [-0.2, 0) is 12.0 Å². The summed E-state index contributed by atoms with van der Waals surface area (Å²) in [6, 6.07) is 12.1. The van der Waals surface area contributed by atoms with E-state index >= 15 is 0 Å². The van der Waals surface area contributed by atoms with Crippen LogP contribution in [0.3, 0.4) is 0 Å². The van der Waals surface area contributed by atoms with Gasteiger partial charge >= 0.3 is 0 Å². The first-order valence-corrected chi connectivity index (χ1v) is 6.68. The molecule has 4 heteroatoms. The average molecular weight is 294 g/mol. The van der Waals surface area contributed by atoms with Crippen molar-refractivity contribution in [3.8, 4) is 5.75 Å². The zero-order valence-corrected chi connectivity index (χ0v) is 12.2. The van der Waals surface area contributed by atoms with Crippen LogP contribution in [-0.4, -0.2) is 7.11 Å². The number of hydrogen-bond acceptors (Lipinski definition) is 2. The van der Waals surface area contributed by atoms with Crippen LogP contribution >= 0.6 is 11.6 Å². The van der Waals surface area contributed by atoms with E-state index in [4.69, 9.17) is 22.1 Å². The molecule has 2 aromatic rings. The third-order valence-electron chi connectivity index (χ3n) is 3.36. The van der Waals surface area contributed by atoms with E-state index in [9.17, 15) is 4.39 Å². The SMILES string of the molecule is COc1ccc(C(C)(N)Cc2c(F)cccc2Cl)cc1. The molecule has 1 unspecified atom stereocenters. The van der Waals surface area contributed by atoms with Crippen molar-refractivity contribution in [3.05, 3.63) is 64.4 Å². The van der Waals surface area contributed by atoms with E-state index in [2.05, 4.69) is 0 Å². The van der Waals surface area contributed by atoms with Crippen molar-refractivity contribution in [2.75, 3.05) is 7.11 Å². The quantitative estimate of drug-likeness (QED) is 0.928. The number of ether oxygens (including phenoxy) is 1. The molecule has 106 valence electrons. The zero-order chi connectivity index (χ0) is 14.8. The van der Waals surface area contributed by atoms with Crippen molar-refractivity contribution in [2.24, 2.45) is 5.73 Å². The van der Waals surface area contributed by atoms with Crippen LogP contribution < -0.4 is 10.5 Å². The predicted molar refractivity (Wildman–Crippen MR) is 79.6 cm³/mol. The Balaban J connectivity index is 2.30. The van der Waals surface area contributed by atoms with E-state index < -0.39 is 5.54 Å². The van der Waals surface area contributed by atoms with Gasteiger partial charge in [0.05, 0.1) is 7.11 Å². The average Bonchev–Trinajstić information content (AvgIpc) is 2.43. The first-order valence-electron chi connectivity index (χ1n) is 6.30. The maximum atomic E-state index is 13.9. The van der Waals surface area contributed by atoms with Crippen molar-refractivity contribution < 1.29 is 9.13 Å².